The van der Waals surface area contributed by atoms with Crippen molar-refractivity contribution < 1.29 is 33.3 Å². The predicted molar refractivity (Wildman–Crippen MR) is 212 cm³/mol. The normalized spacial score (nSPS) is 18.0. The van der Waals surface area contributed by atoms with Crippen molar-refractivity contribution in [3.63, 3.8) is 0 Å². The Balaban J connectivity index is 0.906. The van der Waals surface area contributed by atoms with Gasteiger partial charge in [0.25, 0.3) is 11.8 Å². The number of carbonyl (C=O) groups is 2. The number of hydrogen-bond acceptors (Lipinski definition) is 10. The zero-order chi connectivity index (χ0) is 38.1. The molecule has 2 amide bonds. The average Bonchev–Trinajstić information content (AvgIpc) is 3.80. The Labute approximate surface area is 319 Å². The number of nitrogens with zero attached hydrogens (tertiary/aromatic N) is 4. The van der Waals surface area contributed by atoms with Crippen molar-refractivity contribution in [1.29, 1.82) is 0 Å². The van der Waals surface area contributed by atoms with Gasteiger partial charge in [-0.1, -0.05) is 24.3 Å². The summed E-state index contributed by atoms with van der Waals surface area (Å²) < 4.78 is 28.8. The van der Waals surface area contributed by atoms with Crippen LogP contribution in [0.2, 0.25) is 0 Å². The fraction of sp³-hybridized carbons (Fsp3) is 0.256. The van der Waals surface area contributed by atoms with E-state index in [-0.39, 0.29) is 23.9 Å². The molecule has 4 aromatic rings. The summed E-state index contributed by atoms with van der Waals surface area (Å²) in [6.45, 7) is 0.617. The molecule has 4 aromatic carbocycles. The second-order valence-corrected chi connectivity index (χ2v) is 13.5. The smallest absolute Gasteiger partial charge is 0.260 e. The van der Waals surface area contributed by atoms with E-state index < -0.39 is 0 Å². The molecule has 0 saturated heterocycles. The van der Waals surface area contributed by atoms with Gasteiger partial charge in [0.05, 0.1) is 69.1 Å². The van der Waals surface area contributed by atoms with Crippen LogP contribution in [-0.2, 0) is 0 Å². The molecular formula is C43H41N5O7. The molecule has 0 unspecified atom stereocenters. The van der Waals surface area contributed by atoms with Gasteiger partial charge in [0.1, 0.15) is 5.75 Å². The van der Waals surface area contributed by atoms with Crippen LogP contribution in [0.4, 0.5) is 17.1 Å². The van der Waals surface area contributed by atoms with Crippen molar-refractivity contribution in [1.82, 2.24) is 9.80 Å². The first-order valence-electron chi connectivity index (χ1n) is 18.1. The van der Waals surface area contributed by atoms with Crippen molar-refractivity contribution in [2.75, 3.05) is 46.9 Å². The van der Waals surface area contributed by atoms with E-state index in [1.165, 1.54) is 0 Å². The van der Waals surface area contributed by atoms with Crippen molar-refractivity contribution in [2.45, 2.75) is 31.3 Å². The zero-order valence-electron chi connectivity index (χ0n) is 31.1. The maximum atomic E-state index is 13.8. The van der Waals surface area contributed by atoms with Crippen LogP contribution in [0, 0.1) is 0 Å². The van der Waals surface area contributed by atoms with E-state index in [4.69, 9.17) is 33.7 Å². The van der Waals surface area contributed by atoms with Gasteiger partial charge in [-0.15, -0.1) is 0 Å². The standard InChI is InChI=1S/C43H41N5O7/c1-44-30-10-6-26(7-11-30)28-16-31-22-45-36-20-40(38(52-3)18-34(36)42(49)47(31)24-28)54-14-5-15-55-41-21-37-35(19-39(41)53-4)43(50)48-25-29(17-32(48)23-46-37)27-8-12-33(51-2)13-9-27/h6-13,18-25,31-32,44H,5,14-17H2,1-4H3/t31-,32-/m0/s1. The number of methoxy groups -OCH3 is 3. The summed E-state index contributed by atoms with van der Waals surface area (Å²) in [5.41, 5.74) is 7.18. The van der Waals surface area contributed by atoms with Gasteiger partial charge in [-0.3, -0.25) is 19.6 Å². The van der Waals surface area contributed by atoms with E-state index in [0.29, 0.717) is 78.0 Å². The minimum absolute atomic E-state index is 0.145. The van der Waals surface area contributed by atoms with Gasteiger partial charge in [0.2, 0.25) is 0 Å². The molecule has 4 aliphatic rings. The lowest BCUT2D eigenvalue weighted by molar-refractivity contribution is 0.0809. The van der Waals surface area contributed by atoms with Gasteiger partial charge >= 0.3 is 0 Å². The molecule has 8 rings (SSSR count). The summed E-state index contributed by atoms with van der Waals surface area (Å²) in [6.07, 6.45) is 9.30. The van der Waals surface area contributed by atoms with E-state index in [2.05, 4.69) is 17.4 Å². The first-order valence-corrected chi connectivity index (χ1v) is 18.1. The monoisotopic (exact) mass is 739 g/mol. The van der Waals surface area contributed by atoms with E-state index in [1.54, 1.807) is 55.4 Å². The number of benzene rings is 4. The highest BCUT2D eigenvalue weighted by molar-refractivity contribution is 6.06. The number of nitrogens with one attached hydrogen (secondary N) is 1. The minimum atomic E-state index is -0.202. The molecule has 0 aliphatic carbocycles. The van der Waals surface area contributed by atoms with Gasteiger partial charge in [-0.2, -0.15) is 0 Å². The fourth-order valence-electron chi connectivity index (χ4n) is 7.22. The molecule has 0 fully saturated rings. The second kappa shape index (κ2) is 15.1. The largest absolute Gasteiger partial charge is 0.497 e. The first kappa shape index (κ1) is 35.5. The quantitative estimate of drug-likeness (QED) is 0.148. The second-order valence-electron chi connectivity index (χ2n) is 13.5. The number of rotatable bonds is 12. The molecule has 55 heavy (non-hydrogen) atoms. The maximum Gasteiger partial charge on any atom is 0.260 e. The number of amides is 2. The molecule has 0 aromatic heterocycles. The van der Waals surface area contributed by atoms with Crippen LogP contribution in [0.25, 0.3) is 11.1 Å². The average molecular weight is 740 g/mol. The summed E-state index contributed by atoms with van der Waals surface area (Å²) in [6, 6.07) is 22.4. The third kappa shape index (κ3) is 6.87. The predicted octanol–water partition coefficient (Wildman–Crippen LogP) is 7.55. The Kier molecular flexibility index (Phi) is 9.71. The van der Waals surface area contributed by atoms with Crippen molar-refractivity contribution >= 4 is 52.5 Å². The van der Waals surface area contributed by atoms with Gasteiger partial charge < -0.3 is 38.8 Å². The van der Waals surface area contributed by atoms with E-state index in [0.717, 1.165) is 33.7 Å². The Morgan fingerprint density at radius 3 is 1.55 bits per heavy atom. The van der Waals surface area contributed by atoms with Crippen LogP contribution in [0.5, 0.6) is 28.7 Å². The van der Waals surface area contributed by atoms with E-state index in [9.17, 15) is 9.59 Å². The van der Waals surface area contributed by atoms with Crippen LogP contribution in [0.1, 0.15) is 51.1 Å². The molecule has 4 aliphatic heterocycles. The highest BCUT2D eigenvalue weighted by Crippen LogP contribution is 2.42. The fourth-order valence-corrected chi connectivity index (χ4v) is 7.22. The summed E-state index contributed by atoms with van der Waals surface area (Å²) in [5, 5.41) is 3.13. The highest BCUT2D eigenvalue weighted by Gasteiger charge is 2.35. The molecule has 12 nitrogen and oxygen atoms in total. The molecule has 0 saturated carbocycles. The Morgan fingerprint density at radius 1 is 0.636 bits per heavy atom. The molecule has 4 heterocycles. The Bertz CT molecular complexity index is 2100. The zero-order valence-corrected chi connectivity index (χ0v) is 31.1. The Hall–Kier alpha value is -6.56. The topological polar surface area (TPSA) is 124 Å². The summed E-state index contributed by atoms with van der Waals surface area (Å²) in [5.74, 6) is 2.31. The highest BCUT2D eigenvalue weighted by atomic mass is 16.5. The van der Waals surface area contributed by atoms with Crippen molar-refractivity contribution in [3.05, 3.63) is 107 Å². The van der Waals surface area contributed by atoms with E-state index >= 15 is 0 Å². The lowest BCUT2D eigenvalue weighted by Gasteiger charge is -2.19. The van der Waals surface area contributed by atoms with Crippen LogP contribution in [0.3, 0.4) is 0 Å². The molecule has 0 spiro atoms. The van der Waals surface area contributed by atoms with Crippen LogP contribution in [0.15, 0.2) is 95.2 Å². The van der Waals surface area contributed by atoms with Crippen molar-refractivity contribution in [2.24, 2.45) is 9.98 Å². The molecule has 1 N–H and O–H groups in total. The Morgan fingerprint density at radius 2 is 1.11 bits per heavy atom. The van der Waals surface area contributed by atoms with Crippen LogP contribution in [-0.4, -0.2) is 87.7 Å². The number of carbonyl (C=O) groups excluding carboxylic acids is 2. The van der Waals surface area contributed by atoms with Crippen LogP contribution < -0.4 is 29.0 Å². The molecule has 2 atom stereocenters. The summed E-state index contributed by atoms with van der Waals surface area (Å²) in [4.78, 5) is 40.4. The molecular weight excluding hydrogens is 699 g/mol. The number of anilines is 1. The molecule has 0 radical (unpaired) electrons. The summed E-state index contributed by atoms with van der Waals surface area (Å²) >= 11 is 0. The summed E-state index contributed by atoms with van der Waals surface area (Å²) in [7, 11) is 6.61. The number of fused-ring (bicyclic) bond motifs is 4. The third-order valence-corrected chi connectivity index (χ3v) is 10.2. The minimum Gasteiger partial charge on any atom is -0.497 e. The van der Waals surface area contributed by atoms with Gasteiger partial charge in [-0.05, 0) is 58.7 Å². The maximum absolute atomic E-state index is 13.8. The van der Waals surface area contributed by atoms with Gasteiger partial charge in [-0.25, -0.2) is 0 Å². The van der Waals surface area contributed by atoms with Gasteiger partial charge in [0, 0.05) is 69.0 Å². The third-order valence-electron chi connectivity index (χ3n) is 10.2. The van der Waals surface area contributed by atoms with Gasteiger partial charge in [0.15, 0.2) is 23.0 Å². The SMILES string of the molecule is CNc1ccc(C2=CN3C(=O)c4cc(OC)c(OCCCOc5cc6c(cc5OC)C(=O)N5C=C(c7ccc(OC)cc7)C[C@H]5C=N6)cc4N=C[C@@H]3C2)cc1. The number of aliphatic imine (C=N–C) groups is 2. The van der Waals surface area contributed by atoms with E-state index in [1.807, 2.05) is 68.3 Å². The molecule has 0 bridgehead atoms. The van der Waals surface area contributed by atoms with Crippen LogP contribution >= 0.6 is 0 Å². The molecule has 12 heteroatoms. The lowest BCUT2D eigenvalue weighted by Crippen LogP contribution is -2.32. The first-order chi connectivity index (χ1) is 26.9. The number of hydrogen-bond donors (Lipinski definition) is 1. The lowest BCUT2D eigenvalue weighted by atomic mass is 10.0. The molecule has 280 valence electrons. The number of ether oxygens (including phenoxy) is 5. The van der Waals surface area contributed by atoms with Crippen molar-refractivity contribution in [3.8, 4) is 28.7 Å².